The van der Waals surface area contributed by atoms with Crippen molar-refractivity contribution in [3.05, 3.63) is 96.6 Å². The van der Waals surface area contributed by atoms with E-state index in [0.717, 1.165) is 11.4 Å². The zero-order valence-electron chi connectivity index (χ0n) is 12.8. The topological polar surface area (TPSA) is 52.7 Å². The Morgan fingerprint density at radius 2 is 1.08 bits per heavy atom. The van der Waals surface area contributed by atoms with Crippen molar-refractivity contribution in [2.24, 2.45) is 0 Å². The highest BCUT2D eigenvalue weighted by molar-refractivity contribution is 6.08. The SMILES string of the molecule is O=C(c1cnn(-c2ccccc2)c1)c1cnn(-c2ccccc2)c1. The molecule has 0 saturated heterocycles. The van der Waals surface area contributed by atoms with E-state index in [-0.39, 0.29) is 5.78 Å². The molecule has 0 N–H and O–H groups in total. The van der Waals surface area contributed by atoms with Crippen LogP contribution in [0.5, 0.6) is 0 Å². The summed E-state index contributed by atoms with van der Waals surface area (Å²) in [5.41, 5.74) is 2.89. The first-order valence-corrected chi connectivity index (χ1v) is 7.56. The highest BCUT2D eigenvalue weighted by Gasteiger charge is 2.14. The Balaban J connectivity index is 1.61. The van der Waals surface area contributed by atoms with Gasteiger partial charge in [0.15, 0.2) is 5.78 Å². The molecule has 5 heteroatoms. The van der Waals surface area contributed by atoms with Crippen LogP contribution in [0.25, 0.3) is 11.4 Å². The number of para-hydroxylation sites is 2. The molecule has 116 valence electrons. The molecular weight excluding hydrogens is 300 g/mol. The second-order valence-corrected chi connectivity index (χ2v) is 5.35. The van der Waals surface area contributed by atoms with Gasteiger partial charge in [-0.1, -0.05) is 36.4 Å². The molecule has 0 fully saturated rings. The number of hydrogen-bond acceptors (Lipinski definition) is 3. The minimum atomic E-state index is -0.0978. The van der Waals surface area contributed by atoms with E-state index in [1.807, 2.05) is 60.7 Å². The summed E-state index contributed by atoms with van der Waals surface area (Å²) in [6.07, 6.45) is 6.62. The van der Waals surface area contributed by atoms with Crippen LogP contribution in [0.3, 0.4) is 0 Å². The summed E-state index contributed by atoms with van der Waals surface area (Å²) in [5.74, 6) is -0.0978. The summed E-state index contributed by atoms with van der Waals surface area (Å²) in [6.45, 7) is 0. The van der Waals surface area contributed by atoms with Crippen molar-refractivity contribution >= 4 is 5.78 Å². The molecule has 0 unspecified atom stereocenters. The summed E-state index contributed by atoms with van der Waals surface area (Å²) in [5, 5.41) is 8.53. The molecule has 0 spiro atoms. The fourth-order valence-corrected chi connectivity index (χ4v) is 2.49. The fourth-order valence-electron chi connectivity index (χ4n) is 2.49. The molecule has 0 amide bonds. The largest absolute Gasteiger partial charge is 0.288 e. The van der Waals surface area contributed by atoms with Gasteiger partial charge in [-0.25, -0.2) is 9.36 Å². The zero-order chi connectivity index (χ0) is 16.4. The highest BCUT2D eigenvalue weighted by Crippen LogP contribution is 2.14. The monoisotopic (exact) mass is 314 g/mol. The Labute approximate surface area is 138 Å². The number of hydrogen-bond donors (Lipinski definition) is 0. The van der Waals surface area contributed by atoms with Gasteiger partial charge in [0.05, 0.1) is 34.9 Å². The predicted octanol–water partition coefficient (Wildman–Crippen LogP) is 3.29. The Kier molecular flexibility index (Phi) is 3.51. The average molecular weight is 314 g/mol. The summed E-state index contributed by atoms with van der Waals surface area (Å²) in [4.78, 5) is 12.6. The van der Waals surface area contributed by atoms with Crippen molar-refractivity contribution in [1.29, 1.82) is 0 Å². The van der Waals surface area contributed by atoms with E-state index in [9.17, 15) is 4.79 Å². The van der Waals surface area contributed by atoms with Gasteiger partial charge in [0.25, 0.3) is 0 Å². The van der Waals surface area contributed by atoms with Gasteiger partial charge in [-0.05, 0) is 24.3 Å². The molecule has 2 heterocycles. The number of carbonyl (C=O) groups is 1. The molecule has 0 atom stereocenters. The first-order valence-electron chi connectivity index (χ1n) is 7.56. The van der Waals surface area contributed by atoms with Crippen LogP contribution in [0.2, 0.25) is 0 Å². The van der Waals surface area contributed by atoms with Crippen LogP contribution in [0.15, 0.2) is 85.5 Å². The van der Waals surface area contributed by atoms with Gasteiger partial charge in [0.2, 0.25) is 0 Å². The van der Waals surface area contributed by atoms with E-state index in [4.69, 9.17) is 0 Å². The first kappa shape index (κ1) is 14.1. The van der Waals surface area contributed by atoms with Gasteiger partial charge in [0, 0.05) is 12.4 Å². The molecule has 2 aromatic heterocycles. The van der Waals surface area contributed by atoms with Crippen LogP contribution < -0.4 is 0 Å². The number of carbonyl (C=O) groups excluding carboxylic acids is 1. The van der Waals surface area contributed by atoms with Crippen molar-refractivity contribution in [3.63, 3.8) is 0 Å². The lowest BCUT2D eigenvalue weighted by Gasteiger charge is -1.99. The third-order valence-electron chi connectivity index (χ3n) is 3.73. The summed E-state index contributed by atoms with van der Waals surface area (Å²) in [6, 6.07) is 19.4. The van der Waals surface area contributed by atoms with E-state index in [0.29, 0.717) is 11.1 Å². The lowest BCUT2D eigenvalue weighted by Crippen LogP contribution is -1.99. The van der Waals surface area contributed by atoms with Crippen LogP contribution in [0.1, 0.15) is 15.9 Å². The van der Waals surface area contributed by atoms with E-state index in [1.54, 1.807) is 34.2 Å². The number of aromatic nitrogens is 4. The van der Waals surface area contributed by atoms with Crippen molar-refractivity contribution in [2.45, 2.75) is 0 Å². The number of nitrogens with zero attached hydrogens (tertiary/aromatic N) is 4. The molecule has 2 aromatic carbocycles. The molecule has 5 nitrogen and oxygen atoms in total. The molecule has 0 aliphatic rings. The Morgan fingerprint density at radius 3 is 1.50 bits per heavy atom. The standard InChI is InChI=1S/C19H14N4O/c24-19(15-11-20-22(13-15)17-7-3-1-4-8-17)16-12-21-23(14-16)18-9-5-2-6-10-18/h1-14H. The maximum Gasteiger partial charge on any atom is 0.199 e. The van der Waals surface area contributed by atoms with Gasteiger partial charge in [-0.3, -0.25) is 4.79 Å². The van der Waals surface area contributed by atoms with Crippen molar-refractivity contribution < 1.29 is 4.79 Å². The Hall–Kier alpha value is -3.47. The molecule has 0 aliphatic heterocycles. The van der Waals surface area contributed by atoms with Crippen molar-refractivity contribution in [2.75, 3.05) is 0 Å². The van der Waals surface area contributed by atoms with Gasteiger partial charge >= 0.3 is 0 Å². The van der Waals surface area contributed by atoms with E-state index >= 15 is 0 Å². The lowest BCUT2D eigenvalue weighted by molar-refractivity contribution is 0.103. The number of ketones is 1. The minimum absolute atomic E-state index is 0.0978. The molecule has 0 aliphatic carbocycles. The normalized spacial score (nSPS) is 10.7. The zero-order valence-corrected chi connectivity index (χ0v) is 12.8. The molecule has 0 saturated carbocycles. The van der Waals surface area contributed by atoms with Gasteiger partial charge in [-0.15, -0.1) is 0 Å². The summed E-state index contributed by atoms with van der Waals surface area (Å²) < 4.78 is 3.38. The second kappa shape index (κ2) is 5.96. The Bertz CT molecular complexity index is 891. The van der Waals surface area contributed by atoms with Crippen LogP contribution >= 0.6 is 0 Å². The molecule has 0 bridgehead atoms. The summed E-state index contributed by atoms with van der Waals surface area (Å²) >= 11 is 0. The van der Waals surface area contributed by atoms with Crippen molar-refractivity contribution in [3.8, 4) is 11.4 Å². The maximum absolute atomic E-state index is 12.6. The average Bonchev–Trinajstić information content (AvgIpc) is 3.33. The molecule has 4 aromatic rings. The molecule has 0 radical (unpaired) electrons. The molecule has 24 heavy (non-hydrogen) atoms. The fraction of sp³-hybridized carbons (Fsp3) is 0. The van der Waals surface area contributed by atoms with E-state index in [1.165, 1.54) is 0 Å². The van der Waals surface area contributed by atoms with Crippen LogP contribution in [0.4, 0.5) is 0 Å². The van der Waals surface area contributed by atoms with Crippen LogP contribution in [0, 0.1) is 0 Å². The van der Waals surface area contributed by atoms with E-state index < -0.39 is 0 Å². The first-order chi connectivity index (χ1) is 11.8. The quantitative estimate of drug-likeness (QED) is 0.543. The smallest absolute Gasteiger partial charge is 0.199 e. The molecule has 4 rings (SSSR count). The Morgan fingerprint density at radius 1 is 0.667 bits per heavy atom. The predicted molar refractivity (Wildman–Crippen MR) is 90.6 cm³/mol. The number of benzene rings is 2. The number of rotatable bonds is 4. The molecular formula is C19H14N4O. The third-order valence-corrected chi connectivity index (χ3v) is 3.73. The minimum Gasteiger partial charge on any atom is -0.288 e. The van der Waals surface area contributed by atoms with Gasteiger partial charge < -0.3 is 0 Å². The second-order valence-electron chi connectivity index (χ2n) is 5.35. The summed E-state index contributed by atoms with van der Waals surface area (Å²) in [7, 11) is 0. The third kappa shape index (κ3) is 2.63. The maximum atomic E-state index is 12.6. The van der Waals surface area contributed by atoms with Gasteiger partial charge in [-0.2, -0.15) is 10.2 Å². The van der Waals surface area contributed by atoms with Crippen LogP contribution in [-0.2, 0) is 0 Å². The van der Waals surface area contributed by atoms with Crippen molar-refractivity contribution in [1.82, 2.24) is 19.6 Å². The van der Waals surface area contributed by atoms with E-state index in [2.05, 4.69) is 10.2 Å². The van der Waals surface area contributed by atoms with Gasteiger partial charge in [0.1, 0.15) is 0 Å². The lowest BCUT2D eigenvalue weighted by atomic mass is 10.1. The van der Waals surface area contributed by atoms with Crippen LogP contribution in [-0.4, -0.2) is 25.3 Å². The highest BCUT2D eigenvalue weighted by atomic mass is 16.1.